The summed E-state index contributed by atoms with van der Waals surface area (Å²) >= 11 is 0. The Hall–Kier alpha value is -1.48. The van der Waals surface area contributed by atoms with E-state index in [4.69, 9.17) is 5.53 Å². The molecule has 0 aliphatic heterocycles. The van der Waals surface area contributed by atoms with Crippen molar-refractivity contribution in [3.8, 4) is 0 Å². The molecule has 60 valence electrons. The number of hydrogen-bond donors (Lipinski definition) is 1. The van der Waals surface area contributed by atoms with Gasteiger partial charge in [0.05, 0.1) is 0 Å². The maximum atomic E-state index is 10.4. The average Bonchev–Trinajstić information content (AvgIpc) is 1.99. The Morgan fingerprint density at radius 1 is 1.82 bits per heavy atom. The molecule has 0 heterocycles. The van der Waals surface area contributed by atoms with E-state index >= 15 is 0 Å². The van der Waals surface area contributed by atoms with Crippen LogP contribution in [-0.4, -0.2) is 6.03 Å². The van der Waals surface area contributed by atoms with Crippen molar-refractivity contribution in [2.75, 3.05) is 0 Å². The van der Waals surface area contributed by atoms with Crippen LogP contribution in [-0.2, 0) is 0 Å². The van der Waals surface area contributed by atoms with Crippen LogP contribution in [0.2, 0.25) is 0 Å². The highest BCUT2D eigenvalue weighted by molar-refractivity contribution is 5.75. The summed E-state index contributed by atoms with van der Waals surface area (Å²) in [6.45, 7) is 2.03. The molecule has 0 aromatic carbocycles. The van der Waals surface area contributed by atoms with Gasteiger partial charge in [-0.2, -0.15) is 0 Å². The van der Waals surface area contributed by atoms with Gasteiger partial charge in [-0.1, -0.05) is 19.4 Å². The monoisotopic (exact) mass is 154 g/mol. The quantitative estimate of drug-likeness (QED) is 0.378. The summed E-state index contributed by atoms with van der Waals surface area (Å²) in [5.74, 6) is 0. The lowest BCUT2D eigenvalue weighted by atomic mass is 10.3. The number of urea groups is 1. The number of carbonyl (C=O) groups excluding carboxylic acids is 1. The highest BCUT2D eigenvalue weighted by atomic mass is 16.2. The lowest BCUT2D eigenvalue weighted by molar-refractivity contribution is 0.252. The first-order valence-corrected chi connectivity index (χ1v) is 3.32. The minimum atomic E-state index is -0.681. The number of nitrogens with one attached hydrogen (secondary N) is 1. The molecule has 5 nitrogen and oxygen atoms in total. The van der Waals surface area contributed by atoms with E-state index in [1.165, 1.54) is 6.20 Å². The fraction of sp³-hybridized carbons (Fsp3) is 0.500. The van der Waals surface area contributed by atoms with Crippen molar-refractivity contribution < 1.29 is 4.79 Å². The zero-order valence-corrected chi connectivity index (χ0v) is 6.32. The molecule has 0 aromatic rings. The zero-order chi connectivity index (χ0) is 8.53. The second-order valence-electron chi connectivity index (χ2n) is 1.83. The Morgan fingerprint density at radius 2 is 2.55 bits per heavy atom. The summed E-state index contributed by atoms with van der Waals surface area (Å²) in [4.78, 5) is 12.7. The van der Waals surface area contributed by atoms with Crippen LogP contribution in [0, 0.1) is 0 Å². The normalized spacial score (nSPS) is 9.18. The largest absolute Gasteiger partial charge is 0.327 e. The van der Waals surface area contributed by atoms with Crippen LogP contribution >= 0.6 is 0 Å². The third kappa shape index (κ3) is 6.40. The van der Waals surface area contributed by atoms with Gasteiger partial charge in [-0.15, -0.1) is 0 Å². The number of azide groups is 1. The molecule has 0 aliphatic carbocycles. The Labute approximate surface area is 64.7 Å². The van der Waals surface area contributed by atoms with Gasteiger partial charge in [0.25, 0.3) is 0 Å². The van der Waals surface area contributed by atoms with Crippen molar-refractivity contribution in [3.63, 3.8) is 0 Å². The molecule has 0 spiro atoms. The Kier molecular flexibility index (Phi) is 5.74. The first-order chi connectivity index (χ1) is 5.31. The van der Waals surface area contributed by atoms with E-state index in [0.29, 0.717) is 0 Å². The second-order valence-corrected chi connectivity index (χ2v) is 1.83. The highest BCUT2D eigenvalue weighted by Gasteiger charge is 1.87. The summed E-state index contributed by atoms with van der Waals surface area (Å²) in [7, 11) is 0. The molecule has 0 aromatic heterocycles. The van der Waals surface area contributed by atoms with E-state index in [1.54, 1.807) is 6.08 Å². The van der Waals surface area contributed by atoms with Gasteiger partial charge < -0.3 is 5.32 Å². The maximum absolute atomic E-state index is 10.4. The molecule has 0 aliphatic rings. The minimum Gasteiger partial charge on any atom is -0.327 e. The molecule has 0 atom stereocenters. The first-order valence-electron chi connectivity index (χ1n) is 3.32. The van der Waals surface area contributed by atoms with Crippen LogP contribution in [0.3, 0.4) is 0 Å². The molecule has 0 radical (unpaired) electrons. The Bertz CT molecular complexity index is 193. The van der Waals surface area contributed by atoms with Gasteiger partial charge in [0, 0.05) is 10.0 Å². The number of nitrogens with zero attached hydrogens (tertiary/aromatic N) is 3. The van der Waals surface area contributed by atoms with Gasteiger partial charge >= 0.3 is 6.03 Å². The number of carbonyl (C=O) groups is 1. The van der Waals surface area contributed by atoms with Gasteiger partial charge in [-0.05, 0) is 18.2 Å². The topological polar surface area (TPSA) is 77.9 Å². The minimum absolute atomic E-state index is 0.681. The summed E-state index contributed by atoms with van der Waals surface area (Å²) < 4.78 is 0. The van der Waals surface area contributed by atoms with E-state index in [0.717, 1.165) is 12.8 Å². The van der Waals surface area contributed by atoms with E-state index in [-0.39, 0.29) is 0 Å². The van der Waals surface area contributed by atoms with E-state index in [9.17, 15) is 4.79 Å². The van der Waals surface area contributed by atoms with Crippen LogP contribution < -0.4 is 5.32 Å². The third-order valence-corrected chi connectivity index (χ3v) is 0.916. The zero-order valence-electron chi connectivity index (χ0n) is 6.32. The van der Waals surface area contributed by atoms with Crippen molar-refractivity contribution >= 4 is 6.03 Å². The standard InChI is InChI=1S/C6H10N4O/c1-2-3-4-5-8-6(11)9-10-7/h4-5H,2-3H2,1H3,(H,8,11)/b5-4+. The Morgan fingerprint density at radius 3 is 3.09 bits per heavy atom. The molecule has 0 saturated heterocycles. The first kappa shape index (κ1) is 9.52. The van der Waals surface area contributed by atoms with Crippen molar-refractivity contribution in [3.05, 3.63) is 22.7 Å². The van der Waals surface area contributed by atoms with E-state index in [2.05, 4.69) is 15.3 Å². The number of hydrogen-bond acceptors (Lipinski definition) is 1. The van der Waals surface area contributed by atoms with Gasteiger partial charge in [0.1, 0.15) is 0 Å². The van der Waals surface area contributed by atoms with Crippen molar-refractivity contribution in [1.82, 2.24) is 5.32 Å². The van der Waals surface area contributed by atoms with Crippen LogP contribution in [0.1, 0.15) is 19.8 Å². The molecular weight excluding hydrogens is 144 g/mol. The van der Waals surface area contributed by atoms with Crippen LogP contribution in [0.4, 0.5) is 4.79 Å². The van der Waals surface area contributed by atoms with Gasteiger partial charge in [0.15, 0.2) is 0 Å². The lowest BCUT2D eigenvalue weighted by Gasteiger charge is -1.88. The predicted octanol–water partition coefficient (Wildman–Crippen LogP) is 2.32. The molecule has 11 heavy (non-hydrogen) atoms. The smallest absolute Gasteiger partial charge is 0.312 e. The number of allylic oxidation sites excluding steroid dienone is 1. The van der Waals surface area contributed by atoms with Gasteiger partial charge in [-0.3, -0.25) is 4.79 Å². The molecule has 0 saturated carbocycles. The lowest BCUT2D eigenvalue weighted by Crippen LogP contribution is -2.10. The Balaban J connectivity index is 3.52. The summed E-state index contributed by atoms with van der Waals surface area (Å²) in [5.41, 5.74) is 7.81. The second kappa shape index (κ2) is 6.64. The number of rotatable bonds is 3. The van der Waals surface area contributed by atoms with Crippen LogP contribution in [0.15, 0.2) is 17.4 Å². The fourth-order valence-electron chi connectivity index (χ4n) is 0.450. The van der Waals surface area contributed by atoms with Crippen molar-refractivity contribution in [1.29, 1.82) is 0 Å². The molecule has 0 rings (SSSR count). The van der Waals surface area contributed by atoms with E-state index < -0.39 is 6.03 Å². The summed E-state index contributed by atoms with van der Waals surface area (Å²) in [6.07, 6.45) is 5.19. The SMILES string of the molecule is CCC/C=C/NC(=O)N=[N+]=[N-]. The van der Waals surface area contributed by atoms with Gasteiger partial charge in [0.2, 0.25) is 0 Å². The maximum Gasteiger partial charge on any atom is 0.312 e. The average molecular weight is 154 g/mol. The molecule has 1 N–H and O–H groups in total. The van der Waals surface area contributed by atoms with Crippen LogP contribution in [0.25, 0.3) is 10.4 Å². The van der Waals surface area contributed by atoms with E-state index in [1.807, 2.05) is 6.92 Å². The molecule has 0 unspecified atom stereocenters. The number of amides is 2. The van der Waals surface area contributed by atoms with Crippen molar-refractivity contribution in [2.24, 2.45) is 5.11 Å². The third-order valence-electron chi connectivity index (χ3n) is 0.916. The van der Waals surface area contributed by atoms with Crippen molar-refractivity contribution in [2.45, 2.75) is 19.8 Å². The molecule has 0 fully saturated rings. The highest BCUT2D eigenvalue weighted by Crippen LogP contribution is 1.86. The molecule has 0 bridgehead atoms. The predicted molar refractivity (Wildman–Crippen MR) is 41.7 cm³/mol. The van der Waals surface area contributed by atoms with Gasteiger partial charge in [-0.25, -0.2) is 0 Å². The summed E-state index contributed by atoms with van der Waals surface area (Å²) in [5, 5.41) is 5.08. The molecular formula is C6H10N4O. The number of unbranched alkanes of at least 4 members (excludes halogenated alkanes) is 1. The summed E-state index contributed by atoms with van der Waals surface area (Å²) in [6, 6.07) is -0.681. The van der Waals surface area contributed by atoms with Crippen LogP contribution in [0.5, 0.6) is 0 Å². The molecule has 5 heteroatoms. The fourth-order valence-corrected chi connectivity index (χ4v) is 0.450. The molecule has 2 amide bonds.